The Hall–Kier alpha value is -1.17. The summed E-state index contributed by atoms with van der Waals surface area (Å²) in [4.78, 5) is 7.73. The lowest BCUT2D eigenvalue weighted by atomic mass is 10.1. The number of nitrogens with one attached hydrogen (secondary N) is 2. The molecule has 0 radical (unpaired) electrons. The molecule has 1 aromatic heterocycles. The van der Waals surface area contributed by atoms with Crippen LogP contribution in [0, 0.1) is 6.92 Å². The summed E-state index contributed by atoms with van der Waals surface area (Å²) in [5, 5.41) is 3.28. The lowest BCUT2D eigenvalue weighted by molar-refractivity contribution is 0.199. The average Bonchev–Trinajstić information content (AvgIpc) is 2.87. The third-order valence-electron chi connectivity index (χ3n) is 2.87. The number of hydrogen-bond donors (Lipinski definition) is 2. The van der Waals surface area contributed by atoms with Gasteiger partial charge in [0.25, 0.3) is 0 Å². The first kappa shape index (κ1) is 14.2. The van der Waals surface area contributed by atoms with Gasteiger partial charge in [-0.05, 0) is 18.6 Å². The van der Waals surface area contributed by atoms with Crippen molar-refractivity contribution in [3.8, 4) is 11.4 Å². The van der Waals surface area contributed by atoms with Gasteiger partial charge in [0.05, 0.1) is 6.61 Å². The Morgan fingerprint density at radius 1 is 1.42 bits per heavy atom. The first-order chi connectivity index (χ1) is 9.20. The van der Waals surface area contributed by atoms with E-state index in [-0.39, 0.29) is 0 Å². The Balaban J connectivity index is 2.01. The molecule has 0 aliphatic heterocycles. The smallest absolute Gasteiger partial charge is 0.137 e. The molecule has 0 aliphatic carbocycles. The Morgan fingerprint density at radius 2 is 2.26 bits per heavy atom. The van der Waals surface area contributed by atoms with Crippen LogP contribution < -0.4 is 5.32 Å². The predicted octanol–water partition coefficient (Wildman–Crippen LogP) is 2.88. The molecule has 1 aromatic carbocycles. The zero-order valence-corrected chi connectivity index (χ0v) is 12.8. The van der Waals surface area contributed by atoms with Crippen LogP contribution in [0.15, 0.2) is 28.9 Å². The minimum Gasteiger partial charge on any atom is -0.383 e. The van der Waals surface area contributed by atoms with Crippen LogP contribution in [-0.2, 0) is 11.3 Å². The number of benzene rings is 1. The van der Waals surface area contributed by atoms with Gasteiger partial charge in [0.2, 0.25) is 0 Å². The quantitative estimate of drug-likeness (QED) is 0.804. The number of aryl methyl sites for hydroxylation is 1. The summed E-state index contributed by atoms with van der Waals surface area (Å²) >= 11 is 3.54. The fraction of sp³-hybridized carbons (Fsp3) is 0.357. The molecule has 0 saturated carbocycles. The van der Waals surface area contributed by atoms with Crippen LogP contribution in [-0.4, -0.2) is 30.2 Å². The van der Waals surface area contributed by atoms with E-state index in [4.69, 9.17) is 4.74 Å². The molecule has 2 N–H and O–H groups in total. The molecular weight excluding hydrogens is 306 g/mol. The highest BCUT2D eigenvalue weighted by Gasteiger charge is 2.05. The first-order valence-electron chi connectivity index (χ1n) is 6.21. The van der Waals surface area contributed by atoms with E-state index < -0.39 is 0 Å². The van der Waals surface area contributed by atoms with Crippen molar-refractivity contribution in [3.05, 3.63) is 40.1 Å². The molecule has 0 unspecified atom stereocenters. The Bertz CT molecular complexity index is 539. The number of imidazole rings is 1. The summed E-state index contributed by atoms with van der Waals surface area (Å²) in [5.74, 6) is 0.893. The largest absolute Gasteiger partial charge is 0.383 e. The summed E-state index contributed by atoms with van der Waals surface area (Å²) in [6.45, 7) is 4.39. The highest BCUT2D eigenvalue weighted by Crippen LogP contribution is 2.23. The number of rotatable bonds is 6. The molecule has 2 rings (SSSR count). The summed E-state index contributed by atoms with van der Waals surface area (Å²) in [7, 11) is 1.70. The number of nitrogens with zero attached hydrogens (tertiary/aromatic N) is 1. The monoisotopic (exact) mass is 323 g/mol. The lowest BCUT2D eigenvalue weighted by Gasteiger charge is -2.02. The molecular formula is C14H18BrN3O. The van der Waals surface area contributed by atoms with Gasteiger partial charge in [0.1, 0.15) is 5.82 Å². The Labute approximate surface area is 121 Å². The maximum atomic E-state index is 4.99. The number of methoxy groups -OCH3 is 1. The van der Waals surface area contributed by atoms with Crippen molar-refractivity contribution in [3.63, 3.8) is 0 Å². The standard InChI is InChI=1S/C14H18BrN3O/c1-10-3-4-11(7-13(10)15)14-17-9-12(18-14)8-16-5-6-19-2/h3-4,7,9,16H,5-6,8H2,1-2H3,(H,17,18). The SMILES string of the molecule is COCCNCc1cnc(-c2ccc(C)c(Br)c2)[nH]1. The second-order valence-electron chi connectivity index (χ2n) is 4.39. The maximum Gasteiger partial charge on any atom is 0.137 e. The molecule has 4 nitrogen and oxygen atoms in total. The van der Waals surface area contributed by atoms with E-state index >= 15 is 0 Å². The third kappa shape index (κ3) is 3.89. The summed E-state index contributed by atoms with van der Waals surface area (Å²) < 4.78 is 6.08. The van der Waals surface area contributed by atoms with Gasteiger partial charge >= 0.3 is 0 Å². The summed E-state index contributed by atoms with van der Waals surface area (Å²) in [6.07, 6.45) is 1.86. The first-order valence-corrected chi connectivity index (χ1v) is 7.00. The van der Waals surface area contributed by atoms with Crippen LogP contribution in [0.5, 0.6) is 0 Å². The van der Waals surface area contributed by atoms with Crippen molar-refractivity contribution >= 4 is 15.9 Å². The molecule has 0 aliphatic rings. The van der Waals surface area contributed by atoms with Crippen molar-refractivity contribution in [1.29, 1.82) is 0 Å². The van der Waals surface area contributed by atoms with E-state index in [1.807, 2.05) is 6.20 Å². The molecule has 2 aromatic rings. The zero-order valence-electron chi connectivity index (χ0n) is 11.2. The highest BCUT2D eigenvalue weighted by molar-refractivity contribution is 9.10. The normalized spacial score (nSPS) is 10.9. The van der Waals surface area contributed by atoms with Gasteiger partial charge in [-0.2, -0.15) is 0 Å². The molecule has 102 valence electrons. The van der Waals surface area contributed by atoms with Crippen molar-refractivity contribution in [2.75, 3.05) is 20.3 Å². The van der Waals surface area contributed by atoms with E-state index in [0.29, 0.717) is 6.61 Å². The fourth-order valence-corrected chi connectivity index (χ4v) is 2.11. The van der Waals surface area contributed by atoms with E-state index in [2.05, 4.69) is 56.3 Å². The van der Waals surface area contributed by atoms with Gasteiger partial charge in [-0.25, -0.2) is 4.98 Å². The molecule has 1 heterocycles. The van der Waals surface area contributed by atoms with Crippen LogP contribution >= 0.6 is 15.9 Å². The van der Waals surface area contributed by atoms with Gasteiger partial charge in [-0.15, -0.1) is 0 Å². The molecule has 0 spiro atoms. The van der Waals surface area contributed by atoms with E-state index in [1.165, 1.54) is 5.56 Å². The minimum atomic E-state index is 0.714. The maximum absolute atomic E-state index is 4.99. The van der Waals surface area contributed by atoms with Crippen LogP contribution in [0.3, 0.4) is 0 Å². The number of aromatic amines is 1. The molecule has 0 saturated heterocycles. The van der Waals surface area contributed by atoms with Crippen LogP contribution in [0.4, 0.5) is 0 Å². The van der Waals surface area contributed by atoms with Crippen LogP contribution in [0.25, 0.3) is 11.4 Å². The number of aromatic nitrogens is 2. The molecule has 5 heteroatoms. The molecule has 0 atom stereocenters. The van der Waals surface area contributed by atoms with Gasteiger partial charge in [0.15, 0.2) is 0 Å². The zero-order chi connectivity index (χ0) is 13.7. The topological polar surface area (TPSA) is 49.9 Å². The van der Waals surface area contributed by atoms with E-state index in [1.54, 1.807) is 7.11 Å². The summed E-state index contributed by atoms with van der Waals surface area (Å²) in [5.41, 5.74) is 3.38. The average molecular weight is 324 g/mol. The molecule has 0 amide bonds. The van der Waals surface area contributed by atoms with Gasteiger partial charge < -0.3 is 15.0 Å². The van der Waals surface area contributed by atoms with Gasteiger partial charge in [0, 0.05) is 42.1 Å². The van der Waals surface area contributed by atoms with Crippen LogP contribution in [0.1, 0.15) is 11.3 Å². The van der Waals surface area contributed by atoms with Crippen molar-refractivity contribution in [1.82, 2.24) is 15.3 Å². The fourth-order valence-electron chi connectivity index (χ4n) is 1.73. The van der Waals surface area contributed by atoms with Crippen molar-refractivity contribution in [2.45, 2.75) is 13.5 Å². The second-order valence-corrected chi connectivity index (χ2v) is 5.24. The van der Waals surface area contributed by atoms with E-state index in [0.717, 1.165) is 34.6 Å². The van der Waals surface area contributed by atoms with Gasteiger partial charge in [-0.1, -0.05) is 28.1 Å². The number of halogens is 1. The second kappa shape index (κ2) is 6.84. The van der Waals surface area contributed by atoms with Gasteiger partial charge in [-0.3, -0.25) is 0 Å². The Morgan fingerprint density at radius 3 is 3.00 bits per heavy atom. The molecule has 19 heavy (non-hydrogen) atoms. The molecule has 0 fully saturated rings. The van der Waals surface area contributed by atoms with Crippen molar-refractivity contribution < 1.29 is 4.74 Å². The summed E-state index contributed by atoms with van der Waals surface area (Å²) in [6, 6.07) is 6.23. The lowest BCUT2D eigenvalue weighted by Crippen LogP contribution is -2.18. The van der Waals surface area contributed by atoms with Crippen LogP contribution in [0.2, 0.25) is 0 Å². The number of hydrogen-bond acceptors (Lipinski definition) is 3. The van der Waals surface area contributed by atoms with Crippen molar-refractivity contribution in [2.24, 2.45) is 0 Å². The van der Waals surface area contributed by atoms with E-state index in [9.17, 15) is 0 Å². The molecule has 0 bridgehead atoms. The Kier molecular flexibility index (Phi) is 5.13. The highest BCUT2D eigenvalue weighted by atomic mass is 79.9. The number of H-pyrrole nitrogens is 1. The third-order valence-corrected chi connectivity index (χ3v) is 3.73. The predicted molar refractivity (Wildman–Crippen MR) is 80.0 cm³/mol. The minimum absolute atomic E-state index is 0.714. The number of ether oxygens (including phenoxy) is 1.